The minimum atomic E-state index is -3.61. The lowest BCUT2D eigenvalue weighted by Gasteiger charge is -2.07. The molecule has 0 saturated heterocycles. The molecule has 3 N–H and O–H groups in total. The molecule has 0 spiro atoms. The van der Waals surface area contributed by atoms with Gasteiger partial charge in [0.2, 0.25) is 0 Å². The van der Waals surface area contributed by atoms with E-state index in [2.05, 4.69) is 21.5 Å². The van der Waals surface area contributed by atoms with Crippen LogP contribution in [0.2, 0.25) is 0 Å². The van der Waals surface area contributed by atoms with Gasteiger partial charge in [-0.05, 0) is 31.5 Å². The molecule has 21 heavy (non-hydrogen) atoms. The highest BCUT2D eigenvalue weighted by Crippen LogP contribution is 2.22. The molecule has 1 aromatic carbocycles. The van der Waals surface area contributed by atoms with Crippen molar-refractivity contribution in [3.63, 3.8) is 0 Å². The third-order valence-electron chi connectivity index (χ3n) is 2.68. The van der Waals surface area contributed by atoms with E-state index in [-0.39, 0.29) is 10.8 Å². The quantitative estimate of drug-likeness (QED) is 0.845. The summed E-state index contributed by atoms with van der Waals surface area (Å²) in [5.74, 6) is 5.69. The molecule has 0 amide bonds. The number of hydrogen-bond donors (Lipinski definition) is 2. The maximum atomic E-state index is 12.2. The number of nitrogens with one attached hydrogen (secondary N) is 1. The zero-order valence-corrected chi connectivity index (χ0v) is 13.3. The molecule has 110 valence electrons. The van der Waals surface area contributed by atoms with Gasteiger partial charge >= 0.3 is 0 Å². The predicted octanol–water partition coefficient (Wildman–Crippen LogP) is 1.87. The van der Waals surface area contributed by atoms with Crippen molar-refractivity contribution in [3.8, 4) is 11.8 Å². The molecule has 2 aromatic rings. The number of anilines is 1. The van der Waals surface area contributed by atoms with Crippen LogP contribution in [0, 0.1) is 25.7 Å². The average molecular weight is 321 g/mol. The topological polar surface area (TPSA) is 85.1 Å². The molecule has 2 rings (SSSR count). The lowest BCUT2D eigenvalue weighted by molar-refractivity contribution is 0.603. The van der Waals surface area contributed by atoms with Crippen molar-refractivity contribution >= 4 is 27.0 Å². The van der Waals surface area contributed by atoms with E-state index in [0.717, 1.165) is 22.5 Å². The number of hydrogen-bond acceptors (Lipinski definition) is 5. The summed E-state index contributed by atoms with van der Waals surface area (Å²) in [5, 5.41) is 0.703. The van der Waals surface area contributed by atoms with Gasteiger partial charge in [-0.25, -0.2) is 13.4 Å². The van der Waals surface area contributed by atoms with Gasteiger partial charge in [0, 0.05) is 5.56 Å². The zero-order chi connectivity index (χ0) is 15.5. The molecule has 0 bridgehead atoms. The lowest BCUT2D eigenvalue weighted by Crippen LogP contribution is -2.11. The standard InChI is InChI=1S/C14H15N3O2S2/c1-10-5-6-13(8-12(10)4-3-7-15)17-21(18,19)14-9-16-11(2)20-14/h5-6,8-9,17H,7,15H2,1-2H3. The maximum Gasteiger partial charge on any atom is 0.273 e. The van der Waals surface area contributed by atoms with Crippen LogP contribution in [-0.4, -0.2) is 19.9 Å². The Labute approximate surface area is 128 Å². The van der Waals surface area contributed by atoms with E-state index in [1.54, 1.807) is 19.1 Å². The van der Waals surface area contributed by atoms with Crippen molar-refractivity contribution in [3.05, 3.63) is 40.5 Å². The smallest absolute Gasteiger partial charge is 0.273 e. The molecule has 0 saturated carbocycles. The first kappa shape index (κ1) is 15.5. The molecule has 1 aromatic heterocycles. The first-order chi connectivity index (χ1) is 9.92. The van der Waals surface area contributed by atoms with Crippen molar-refractivity contribution in [1.82, 2.24) is 4.98 Å². The fourth-order valence-electron chi connectivity index (χ4n) is 1.64. The normalized spacial score (nSPS) is 10.8. The molecule has 0 atom stereocenters. The van der Waals surface area contributed by atoms with Gasteiger partial charge in [0.1, 0.15) is 0 Å². The van der Waals surface area contributed by atoms with Crippen LogP contribution in [0.15, 0.2) is 28.6 Å². The van der Waals surface area contributed by atoms with E-state index in [1.807, 2.05) is 13.0 Å². The monoisotopic (exact) mass is 321 g/mol. The predicted molar refractivity (Wildman–Crippen MR) is 84.8 cm³/mol. The largest absolute Gasteiger partial charge is 0.320 e. The van der Waals surface area contributed by atoms with E-state index in [1.165, 1.54) is 6.20 Å². The Morgan fingerprint density at radius 2 is 2.14 bits per heavy atom. The Morgan fingerprint density at radius 1 is 1.38 bits per heavy atom. The maximum absolute atomic E-state index is 12.2. The lowest BCUT2D eigenvalue weighted by atomic mass is 10.1. The van der Waals surface area contributed by atoms with Crippen LogP contribution in [0.25, 0.3) is 0 Å². The molecule has 7 heteroatoms. The molecule has 0 aliphatic heterocycles. The van der Waals surface area contributed by atoms with Crippen molar-refractivity contribution in [1.29, 1.82) is 0 Å². The first-order valence-corrected chi connectivity index (χ1v) is 8.47. The van der Waals surface area contributed by atoms with Crippen LogP contribution in [0.4, 0.5) is 5.69 Å². The highest BCUT2D eigenvalue weighted by molar-refractivity contribution is 7.94. The second-order valence-corrected chi connectivity index (χ2v) is 7.48. The minimum Gasteiger partial charge on any atom is -0.320 e. The van der Waals surface area contributed by atoms with Crippen molar-refractivity contribution < 1.29 is 8.42 Å². The Balaban J connectivity index is 2.31. The Bertz CT molecular complexity index is 814. The SMILES string of the molecule is Cc1ncc(S(=O)(=O)Nc2ccc(C)c(C#CCN)c2)s1. The van der Waals surface area contributed by atoms with Crippen molar-refractivity contribution in [2.45, 2.75) is 18.1 Å². The number of aryl methyl sites for hydroxylation is 2. The van der Waals surface area contributed by atoms with E-state index in [9.17, 15) is 8.42 Å². The van der Waals surface area contributed by atoms with E-state index in [4.69, 9.17) is 5.73 Å². The van der Waals surface area contributed by atoms with Gasteiger partial charge in [0.15, 0.2) is 4.21 Å². The highest BCUT2D eigenvalue weighted by Gasteiger charge is 2.17. The van der Waals surface area contributed by atoms with Crippen molar-refractivity contribution in [2.24, 2.45) is 5.73 Å². The van der Waals surface area contributed by atoms with Gasteiger partial charge in [-0.2, -0.15) is 0 Å². The van der Waals surface area contributed by atoms with Gasteiger partial charge in [-0.1, -0.05) is 17.9 Å². The second kappa shape index (κ2) is 6.26. The fourth-order valence-corrected chi connectivity index (χ4v) is 3.79. The van der Waals surface area contributed by atoms with Gasteiger partial charge < -0.3 is 5.73 Å². The number of nitrogens with zero attached hydrogens (tertiary/aromatic N) is 1. The van der Waals surface area contributed by atoms with Crippen LogP contribution in [0.5, 0.6) is 0 Å². The van der Waals surface area contributed by atoms with E-state index in [0.29, 0.717) is 10.7 Å². The van der Waals surface area contributed by atoms with Gasteiger partial charge in [0.05, 0.1) is 23.4 Å². The van der Waals surface area contributed by atoms with Crippen LogP contribution >= 0.6 is 11.3 Å². The van der Waals surface area contributed by atoms with Crippen molar-refractivity contribution in [2.75, 3.05) is 11.3 Å². The number of thiazole rings is 1. The summed E-state index contributed by atoms with van der Waals surface area (Å²) in [6.45, 7) is 3.93. The summed E-state index contributed by atoms with van der Waals surface area (Å²) in [4.78, 5) is 3.96. The molecule has 0 unspecified atom stereocenters. The zero-order valence-electron chi connectivity index (χ0n) is 11.7. The van der Waals surface area contributed by atoms with Gasteiger partial charge in [0.25, 0.3) is 10.0 Å². The molecular formula is C14H15N3O2S2. The Morgan fingerprint density at radius 3 is 2.76 bits per heavy atom. The fraction of sp³-hybridized carbons (Fsp3) is 0.214. The number of rotatable bonds is 3. The van der Waals surface area contributed by atoms with Crippen LogP contribution in [0.3, 0.4) is 0 Å². The van der Waals surface area contributed by atoms with E-state index < -0.39 is 10.0 Å². The molecule has 5 nitrogen and oxygen atoms in total. The minimum absolute atomic E-state index is 0.190. The average Bonchev–Trinajstić information content (AvgIpc) is 2.86. The Hall–Kier alpha value is -1.88. The molecule has 0 aliphatic carbocycles. The molecular weight excluding hydrogens is 306 g/mol. The first-order valence-electron chi connectivity index (χ1n) is 6.17. The summed E-state index contributed by atoms with van der Waals surface area (Å²) in [6, 6.07) is 5.22. The Kier molecular flexibility index (Phi) is 4.63. The summed E-state index contributed by atoms with van der Waals surface area (Å²) in [6.07, 6.45) is 1.35. The van der Waals surface area contributed by atoms with Crippen LogP contribution in [0.1, 0.15) is 16.1 Å². The summed E-state index contributed by atoms with van der Waals surface area (Å²) < 4.78 is 27.2. The molecule has 1 heterocycles. The number of nitrogens with two attached hydrogens (primary N) is 1. The summed E-state index contributed by atoms with van der Waals surface area (Å²) in [5.41, 5.74) is 7.54. The van der Waals surface area contributed by atoms with Gasteiger partial charge in [-0.3, -0.25) is 4.72 Å². The molecule has 0 radical (unpaired) electrons. The second-order valence-electron chi connectivity index (χ2n) is 4.34. The summed E-state index contributed by atoms with van der Waals surface area (Å²) in [7, 11) is -3.61. The van der Waals surface area contributed by atoms with Crippen LogP contribution < -0.4 is 10.5 Å². The number of aromatic nitrogens is 1. The third-order valence-corrected chi connectivity index (χ3v) is 5.44. The highest BCUT2D eigenvalue weighted by atomic mass is 32.2. The number of sulfonamides is 1. The number of benzene rings is 1. The van der Waals surface area contributed by atoms with E-state index >= 15 is 0 Å². The summed E-state index contributed by atoms with van der Waals surface area (Å²) >= 11 is 1.13. The van der Waals surface area contributed by atoms with Gasteiger partial charge in [-0.15, -0.1) is 11.3 Å². The van der Waals surface area contributed by atoms with Crippen LogP contribution in [-0.2, 0) is 10.0 Å². The molecule has 0 fully saturated rings. The molecule has 0 aliphatic rings. The third kappa shape index (κ3) is 3.82.